The quantitative estimate of drug-likeness (QED) is 0.0306. The molecule has 0 heterocycles. The second-order valence-corrected chi connectivity index (χ2v) is 18.4. The summed E-state index contributed by atoms with van der Waals surface area (Å²) in [4.78, 5) is 155. The number of carbonyl (C=O) groups excluding carboxylic acids is 9. The van der Waals surface area contributed by atoms with Crippen LogP contribution in [0.25, 0.3) is 0 Å². The Morgan fingerprint density at radius 3 is 1.60 bits per heavy atom. The fourth-order valence-electron chi connectivity index (χ4n) is 7.03. The van der Waals surface area contributed by atoms with Gasteiger partial charge in [-0.15, -0.1) is 0 Å². The van der Waals surface area contributed by atoms with E-state index in [1.54, 1.807) is 37.3 Å². The summed E-state index contributed by atoms with van der Waals surface area (Å²) in [6.07, 6.45) is -1.88. The Morgan fingerprint density at radius 2 is 1.08 bits per heavy atom. The molecule has 0 aliphatic carbocycles. The van der Waals surface area contributed by atoms with E-state index in [4.69, 9.17) is 17.2 Å². The topological polar surface area (TPSA) is 440 Å². The summed E-state index contributed by atoms with van der Waals surface area (Å²) in [5, 5.41) is 47.4. The Bertz CT molecular complexity index is 2070. The first-order valence-corrected chi connectivity index (χ1v) is 24.0. The highest BCUT2D eigenvalue weighted by Crippen LogP contribution is 2.12. The predicted molar refractivity (Wildman–Crippen MR) is 262 cm³/mol. The molecule has 26 nitrogen and oxygen atoms in total. The van der Waals surface area contributed by atoms with E-state index < -0.39 is 158 Å². The molecule has 0 saturated heterocycles. The minimum atomic E-state index is -1.88. The molecule has 17 N–H and O–H groups in total. The van der Waals surface area contributed by atoms with Gasteiger partial charge in [0.1, 0.15) is 42.3 Å². The van der Waals surface area contributed by atoms with Crippen molar-refractivity contribution in [3.05, 3.63) is 35.9 Å². The van der Waals surface area contributed by atoms with Crippen LogP contribution in [0.1, 0.15) is 105 Å². The lowest BCUT2D eigenvalue weighted by atomic mass is 9.97. The molecule has 0 aliphatic heterocycles. The van der Waals surface area contributed by atoms with E-state index in [-0.39, 0.29) is 44.1 Å². The van der Waals surface area contributed by atoms with Gasteiger partial charge in [-0.25, -0.2) is 4.79 Å². The summed E-state index contributed by atoms with van der Waals surface area (Å²) in [6, 6.07) is -3.08. The van der Waals surface area contributed by atoms with Crippen LogP contribution in [0, 0.1) is 17.8 Å². The van der Waals surface area contributed by atoms with Crippen LogP contribution in [-0.2, 0) is 64.0 Å². The molecule has 73 heavy (non-hydrogen) atoms. The first-order valence-electron chi connectivity index (χ1n) is 24.0. The summed E-state index contributed by atoms with van der Waals surface area (Å²) in [5.41, 5.74) is 17.7. The number of rotatable bonds is 35. The van der Waals surface area contributed by atoms with E-state index in [1.807, 2.05) is 20.8 Å². The van der Waals surface area contributed by atoms with E-state index in [1.165, 1.54) is 13.8 Å². The molecule has 0 radical (unpaired) electrons. The molecule has 1 aromatic rings. The average Bonchev–Trinajstić information content (AvgIpc) is 3.31. The zero-order valence-corrected chi connectivity index (χ0v) is 42.2. The highest BCUT2D eigenvalue weighted by Gasteiger charge is 2.35. The molecule has 0 aromatic heterocycles. The SMILES string of the molecule is CC[C@H](C)[C@H](N)C(=O)N[C@@H](CC(C)C)C(=O)N[C@@H](Cc1ccccc1)C(=O)N[C@@H](CCCCN)C(=O)N[C@@H](CC(=O)O)C(=O)NCC(=O)N[C@@H](CC(N)=O)C(=O)N[C@@H](CCC(=O)O)C(=O)N[C@H](C(=O)O)C(C)C. The van der Waals surface area contributed by atoms with Crippen molar-refractivity contribution in [3.8, 4) is 0 Å². The van der Waals surface area contributed by atoms with E-state index in [9.17, 15) is 72.9 Å². The number of aliphatic carboxylic acids is 3. The van der Waals surface area contributed by atoms with Crippen molar-refractivity contribution in [2.75, 3.05) is 13.1 Å². The van der Waals surface area contributed by atoms with Crippen molar-refractivity contribution in [1.29, 1.82) is 0 Å². The number of primary amides is 1. The maximum absolute atomic E-state index is 14.2. The molecule has 0 aliphatic rings. The molecule has 0 unspecified atom stereocenters. The molecule has 0 fully saturated rings. The third kappa shape index (κ3) is 24.6. The lowest BCUT2D eigenvalue weighted by Crippen LogP contribution is -2.60. The molecular formula is C47H75N11O15. The minimum Gasteiger partial charge on any atom is -0.481 e. The van der Waals surface area contributed by atoms with Crippen molar-refractivity contribution >= 4 is 71.1 Å². The molecule has 0 bridgehead atoms. The molecule has 9 atom stereocenters. The summed E-state index contributed by atoms with van der Waals surface area (Å²) in [5.74, 6) is -14.3. The summed E-state index contributed by atoms with van der Waals surface area (Å²) >= 11 is 0. The monoisotopic (exact) mass is 1030 g/mol. The fraction of sp³-hybridized carbons (Fsp3) is 0.617. The summed E-state index contributed by atoms with van der Waals surface area (Å²) < 4.78 is 0. The van der Waals surface area contributed by atoms with Crippen LogP contribution in [0.2, 0.25) is 0 Å². The van der Waals surface area contributed by atoms with Crippen LogP contribution in [0.5, 0.6) is 0 Å². The van der Waals surface area contributed by atoms with Gasteiger partial charge >= 0.3 is 17.9 Å². The standard InChI is InChI=1S/C47H75N11O15/c1-7-26(6)38(50)46(71)57-30(19-24(2)3)43(68)55-31(20-27-13-9-8-10-14-27)44(69)53-28(15-11-12-18-48)41(66)56-33(22-37(63)64)40(65)51-23-35(60)52-32(21-34(49)59)45(70)54-29(16-17-36(61)62)42(67)58-39(25(4)5)47(72)73/h8-10,13-14,24-26,28-33,38-39H,7,11-12,15-23,48,50H2,1-6H3,(H2,49,59)(H,51,65)(H,52,60)(H,53,69)(H,54,70)(H,55,68)(H,56,66)(H,57,71)(H,58,67)(H,61,62)(H,63,64)(H,72,73)/t26-,28-,29-,30-,31-,32-,33-,38-,39-/m0/s1. The molecular weight excluding hydrogens is 959 g/mol. The normalized spacial score (nSPS) is 14.8. The number of carboxylic acid groups (broad SMARTS) is 3. The largest absolute Gasteiger partial charge is 0.481 e. The molecule has 9 amide bonds. The second-order valence-electron chi connectivity index (χ2n) is 18.4. The summed E-state index contributed by atoms with van der Waals surface area (Å²) in [6.45, 7) is 9.49. The van der Waals surface area contributed by atoms with Crippen molar-refractivity contribution in [2.45, 2.75) is 154 Å². The molecule has 0 saturated carbocycles. The van der Waals surface area contributed by atoms with Crippen molar-refractivity contribution in [1.82, 2.24) is 42.5 Å². The Morgan fingerprint density at radius 1 is 0.575 bits per heavy atom. The summed E-state index contributed by atoms with van der Waals surface area (Å²) in [7, 11) is 0. The van der Waals surface area contributed by atoms with Crippen LogP contribution < -0.4 is 59.7 Å². The maximum atomic E-state index is 14.2. The Labute approximate surface area is 423 Å². The highest BCUT2D eigenvalue weighted by atomic mass is 16.4. The minimum absolute atomic E-state index is 0.0789. The molecule has 408 valence electrons. The number of nitrogens with one attached hydrogen (secondary N) is 8. The Hall–Kier alpha value is -7.22. The number of hydrogen-bond donors (Lipinski definition) is 14. The van der Waals surface area contributed by atoms with Crippen LogP contribution in [0.3, 0.4) is 0 Å². The van der Waals surface area contributed by atoms with E-state index in [0.29, 0.717) is 18.4 Å². The van der Waals surface area contributed by atoms with Gasteiger partial charge in [-0.3, -0.25) is 52.7 Å². The Balaban J connectivity index is 3.38. The number of carboxylic acids is 3. The zero-order valence-electron chi connectivity index (χ0n) is 42.2. The van der Waals surface area contributed by atoms with Crippen molar-refractivity contribution in [2.24, 2.45) is 35.0 Å². The second kappa shape index (κ2) is 32.7. The van der Waals surface area contributed by atoms with Gasteiger partial charge in [0.25, 0.3) is 0 Å². The van der Waals surface area contributed by atoms with Crippen LogP contribution >= 0.6 is 0 Å². The third-order valence-electron chi connectivity index (χ3n) is 11.4. The highest BCUT2D eigenvalue weighted by molar-refractivity contribution is 5.99. The zero-order chi connectivity index (χ0) is 55.5. The number of nitrogens with two attached hydrogens (primary N) is 3. The van der Waals surface area contributed by atoms with Gasteiger partial charge in [0.2, 0.25) is 53.2 Å². The van der Waals surface area contributed by atoms with Gasteiger partial charge < -0.3 is 75.1 Å². The number of carbonyl (C=O) groups is 12. The smallest absolute Gasteiger partial charge is 0.326 e. The van der Waals surface area contributed by atoms with E-state index in [2.05, 4.69) is 42.5 Å². The number of benzene rings is 1. The van der Waals surface area contributed by atoms with Gasteiger partial charge in [-0.2, -0.15) is 0 Å². The lowest BCUT2D eigenvalue weighted by molar-refractivity contribution is -0.144. The van der Waals surface area contributed by atoms with Gasteiger partial charge in [0.15, 0.2) is 0 Å². The van der Waals surface area contributed by atoms with Crippen LogP contribution in [-0.4, -0.2) is 148 Å². The first-order chi connectivity index (χ1) is 34.2. The van der Waals surface area contributed by atoms with E-state index in [0.717, 1.165) is 0 Å². The average molecular weight is 1030 g/mol. The van der Waals surface area contributed by atoms with Gasteiger partial charge in [-0.05, 0) is 62.0 Å². The molecule has 0 spiro atoms. The third-order valence-corrected chi connectivity index (χ3v) is 11.4. The molecule has 1 aromatic carbocycles. The number of unbranched alkanes of at least 4 members (excludes halogenated alkanes) is 1. The molecule has 26 heteroatoms. The van der Waals surface area contributed by atoms with Crippen molar-refractivity contribution < 1.29 is 72.9 Å². The van der Waals surface area contributed by atoms with Gasteiger partial charge in [0.05, 0.1) is 25.4 Å². The fourth-order valence-corrected chi connectivity index (χ4v) is 7.03. The number of amides is 9. The molecule has 1 rings (SSSR count). The van der Waals surface area contributed by atoms with Crippen molar-refractivity contribution in [3.63, 3.8) is 0 Å². The van der Waals surface area contributed by atoms with Crippen LogP contribution in [0.15, 0.2) is 30.3 Å². The van der Waals surface area contributed by atoms with E-state index >= 15 is 0 Å². The van der Waals surface area contributed by atoms with Gasteiger partial charge in [0, 0.05) is 12.8 Å². The van der Waals surface area contributed by atoms with Gasteiger partial charge in [-0.1, -0.05) is 78.3 Å². The van der Waals surface area contributed by atoms with Crippen LogP contribution in [0.4, 0.5) is 0 Å². The predicted octanol–water partition coefficient (Wildman–Crippen LogP) is -2.76. The lowest BCUT2D eigenvalue weighted by Gasteiger charge is -2.28. The number of hydrogen-bond acceptors (Lipinski definition) is 14. The maximum Gasteiger partial charge on any atom is 0.326 e. The Kier molecular flexibility index (Phi) is 28.6. The first kappa shape index (κ1) is 63.8.